The Kier molecular flexibility index (Phi) is 5.29. The molecule has 5 nitrogen and oxygen atoms in total. The molecule has 4 aromatic rings. The van der Waals surface area contributed by atoms with E-state index in [9.17, 15) is 14.4 Å². The molecule has 1 aliphatic carbocycles. The van der Waals surface area contributed by atoms with Gasteiger partial charge in [0, 0.05) is 0 Å². The van der Waals surface area contributed by atoms with E-state index in [1.807, 2.05) is 12.1 Å². The summed E-state index contributed by atoms with van der Waals surface area (Å²) in [5, 5.41) is 0. The third-order valence-electron chi connectivity index (χ3n) is 5.48. The highest BCUT2D eigenvalue weighted by Gasteiger charge is 2.31. The van der Waals surface area contributed by atoms with Gasteiger partial charge in [-0.05, 0) is 53.9 Å². The first-order chi connectivity index (χ1) is 16.1. The molecule has 0 unspecified atom stereocenters. The van der Waals surface area contributed by atoms with Crippen LogP contribution >= 0.6 is 0 Å². The minimum Gasteiger partial charge on any atom is -0.422 e. The lowest BCUT2D eigenvalue weighted by Crippen LogP contribution is -2.20. The summed E-state index contributed by atoms with van der Waals surface area (Å²) in [7, 11) is 0. The van der Waals surface area contributed by atoms with Crippen molar-refractivity contribution >= 4 is 17.7 Å². The van der Waals surface area contributed by atoms with Crippen molar-refractivity contribution in [1.82, 2.24) is 0 Å². The molecule has 160 valence electrons. The molecule has 33 heavy (non-hydrogen) atoms. The summed E-state index contributed by atoms with van der Waals surface area (Å²) in [6.07, 6.45) is 0.448. The molecule has 0 spiro atoms. The number of carbonyl (C=O) groups is 3. The Morgan fingerprint density at radius 2 is 0.970 bits per heavy atom. The fourth-order valence-electron chi connectivity index (χ4n) is 3.93. The lowest BCUT2D eigenvalue weighted by Gasteiger charge is -2.22. The number of fused-ring (bicyclic) bond motifs is 2. The second-order valence-corrected chi connectivity index (χ2v) is 7.60. The predicted molar refractivity (Wildman–Crippen MR) is 122 cm³/mol. The maximum atomic E-state index is 13.6. The number of benzene rings is 4. The summed E-state index contributed by atoms with van der Waals surface area (Å²) in [4.78, 5) is 38.8. The average molecular weight is 434 g/mol. The van der Waals surface area contributed by atoms with Crippen LogP contribution in [0, 0.1) is 0 Å². The van der Waals surface area contributed by atoms with E-state index in [4.69, 9.17) is 9.47 Å². The van der Waals surface area contributed by atoms with Gasteiger partial charge in [-0.15, -0.1) is 0 Å². The van der Waals surface area contributed by atoms with E-state index in [-0.39, 0.29) is 17.3 Å². The first-order valence-electron chi connectivity index (χ1n) is 10.4. The molecule has 0 saturated heterocycles. The lowest BCUT2D eigenvalue weighted by molar-refractivity contribution is 0.0725. The second-order valence-electron chi connectivity index (χ2n) is 7.60. The Labute approximate surface area is 190 Å². The zero-order valence-corrected chi connectivity index (χ0v) is 17.5. The first kappa shape index (κ1) is 20.4. The second kappa shape index (κ2) is 8.55. The number of ether oxygens (including phenoxy) is 2. The van der Waals surface area contributed by atoms with Crippen molar-refractivity contribution < 1.29 is 23.9 Å². The molecule has 0 heterocycles. The standard InChI is InChI=1S/C28H18O5/c29-26-24-20(13-7-15-22(24)32-27(30)18-9-3-1-4-10-18)17-21-14-8-16-23(25(21)26)33-28(31)19-11-5-2-6-12-19/h1-16H,17H2. The van der Waals surface area contributed by atoms with Gasteiger partial charge in [0.15, 0.2) is 0 Å². The third-order valence-corrected chi connectivity index (χ3v) is 5.48. The summed E-state index contributed by atoms with van der Waals surface area (Å²) >= 11 is 0. The number of carbonyl (C=O) groups excluding carboxylic acids is 3. The van der Waals surface area contributed by atoms with Crippen molar-refractivity contribution in [2.24, 2.45) is 0 Å². The molecule has 0 saturated carbocycles. The van der Waals surface area contributed by atoms with Gasteiger partial charge in [-0.2, -0.15) is 0 Å². The smallest absolute Gasteiger partial charge is 0.343 e. The molecular formula is C28H18O5. The van der Waals surface area contributed by atoms with E-state index >= 15 is 0 Å². The molecule has 5 rings (SSSR count). The molecule has 0 aromatic heterocycles. The zero-order chi connectivity index (χ0) is 22.8. The van der Waals surface area contributed by atoms with Gasteiger partial charge in [-0.3, -0.25) is 4.79 Å². The van der Waals surface area contributed by atoms with E-state index in [1.165, 1.54) is 0 Å². The van der Waals surface area contributed by atoms with Gasteiger partial charge >= 0.3 is 11.9 Å². The number of hydrogen-bond acceptors (Lipinski definition) is 5. The maximum absolute atomic E-state index is 13.6. The van der Waals surface area contributed by atoms with Gasteiger partial charge in [-0.1, -0.05) is 60.7 Å². The summed E-state index contributed by atoms with van der Waals surface area (Å²) in [6, 6.07) is 27.5. The molecule has 0 N–H and O–H groups in total. The van der Waals surface area contributed by atoms with Crippen LogP contribution in [0.4, 0.5) is 0 Å². The van der Waals surface area contributed by atoms with Crippen molar-refractivity contribution in [2.75, 3.05) is 0 Å². The largest absolute Gasteiger partial charge is 0.422 e. The molecule has 5 heteroatoms. The molecule has 0 bridgehead atoms. The topological polar surface area (TPSA) is 69.7 Å². The number of hydrogen-bond donors (Lipinski definition) is 0. The van der Waals surface area contributed by atoms with Gasteiger partial charge < -0.3 is 9.47 Å². The van der Waals surface area contributed by atoms with Gasteiger partial charge in [0.1, 0.15) is 11.5 Å². The lowest BCUT2D eigenvalue weighted by atomic mass is 9.84. The van der Waals surface area contributed by atoms with Crippen LogP contribution in [0.3, 0.4) is 0 Å². The Balaban J connectivity index is 1.50. The quantitative estimate of drug-likeness (QED) is 0.285. The highest BCUT2D eigenvalue weighted by molar-refractivity contribution is 6.16. The van der Waals surface area contributed by atoms with Crippen LogP contribution in [-0.2, 0) is 6.42 Å². The fraction of sp³-hybridized carbons (Fsp3) is 0.0357. The van der Waals surface area contributed by atoms with Gasteiger partial charge in [-0.25, -0.2) is 9.59 Å². The number of esters is 2. The van der Waals surface area contributed by atoms with Crippen LogP contribution in [0.25, 0.3) is 0 Å². The summed E-state index contributed by atoms with van der Waals surface area (Å²) in [5.41, 5.74) is 2.87. The fourth-order valence-corrected chi connectivity index (χ4v) is 3.93. The van der Waals surface area contributed by atoms with Crippen molar-refractivity contribution in [3.8, 4) is 11.5 Å². The molecule has 0 amide bonds. The third kappa shape index (κ3) is 3.92. The number of rotatable bonds is 4. The van der Waals surface area contributed by atoms with Crippen LogP contribution in [0.5, 0.6) is 11.5 Å². The van der Waals surface area contributed by atoms with Crippen LogP contribution < -0.4 is 9.47 Å². The van der Waals surface area contributed by atoms with Gasteiger partial charge in [0.05, 0.1) is 22.3 Å². The van der Waals surface area contributed by atoms with Gasteiger partial charge in [0.2, 0.25) is 5.78 Å². The minimum absolute atomic E-state index is 0.182. The van der Waals surface area contributed by atoms with Crippen LogP contribution in [0.15, 0.2) is 97.1 Å². The molecule has 1 aliphatic rings. The van der Waals surface area contributed by atoms with E-state index in [1.54, 1.807) is 84.9 Å². The summed E-state index contributed by atoms with van der Waals surface area (Å²) in [5.74, 6) is -1.08. The van der Waals surface area contributed by atoms with Crippen molar-refractivity contribution in [3.05, 3.63) is 130 Å². The number of ketones is 1. The maximum Gasteiger partial charge on any atom is 0.343 e. The van der Waals surface area contributed by atoms with Crippen LogP contribution in [0.1, 0.15) is 47.8 Å². The molecule has 4 aromatic carbocycles. The highest BCUT2D eigenvalue weighted by atomic mass is 16.5. The first-order valence-corrected chi connectivity index (χ1v) is 10.4. The van der Waals surface area contributed by atoms with Crippen molar-refractivity contribution in [1.29, 1.82) is 0 Å². The average Bonchev–Trinajstić information content (AvgIpc) is 2.85. The Morgan fingerprint density at radius 1 is 0.545 bits per heavy atom. The zero-order valence-electron chi connectivity index (χ0n) is 17.5. The SMILES string of the molecule is O=C(Oc1cccc2c1C(=O)c1c(cccc1OC(=O)c1ccccc1)C2)c1ccccc1. The Hall–Kier alpha value is -4.51. The normalized spacial score (nSPS) is 11.8. The Bertz CT molecular complexity index is 1270. The van der Waals surface area contributed by atoms with Gasteiger partial charge in [0.25, 0.3) is 0 Å². The van der Waals surface area contributed by atoms with E-state index in [0.29, 0.717) is 28.7 Å². The minimum atomic E-state index is -0.550. The molecule has 0 radical (unpaired) electrons. The van der Waals surface area contributed by atoms with Crippen LogP contribution in [-0.4, -0.2) is 17.7 Å². The van der Waals surface area contributed by atoms with Crippen molar-refractivity contribution in [3.63, 3.8) is 0 Å². The van der Waals surface area contributed by atoms with Crippen LogP contribution in [0.2, 0.25) is 0 Å². The molecular weight excluding hydrogens is 416 g/mol. The molecule has 0 aliphatic heterocycles. The Morgan fingerprint density at radius 3 is 1.39 bits per heavy atom. The van der Waals surface area contributed by atoms with Crippen molar-refractivity contribution in [2.45, 2.75) is 6.42 Å². The molecule has 0 atom stereocenters. The van der Waals surface area contributed by atoms with E-state index in [2.05, 4.69) is 0 Å². The molecule has 0 fully saturated rings. The highest BCUT2D eigenvalue weighted by Crippen LogP contribution is 2.37. The monoisotopic (exact) mass is 434 g/mol. The summed E-state index contributed by atoms with van der Waals surface area (Å²) in [6.45, 7) is 0. The summed E-state index contributed by atoms with van der Waals surface area (Å²) < 4.78 is 11.2. The van der Waals surface area contributed by atoms with E-state index in [0.717, 1.165) is 11.1 Å². The predicted octanol–water partition coefficient (Wildman–Crippen LogP) is 5.26. The van der Waals surface area contributed by atoms with E-state index < -0.39 is 11.9 Å².